The summed E-state index contributed by atoms with van der Waals surface area (Å²) < 4.78 is 15.4. The average molecular weight is 189 g/mol. The summed E-state index contributed by atoms with van der Waals surface area (Å²) in [6, 6.07) is 0. The second kappa shape index (κ2) is 3.93. The Labute approximate surface area is 77.1 Å². The zero-order valence-electron chi connectivity index (χ0n) is 7.91. The van der Waals surface area contributed by atoms with Gasteiger partial charge in [-0.15, -0.1) is 0 Å². The van der Waals surface area contributed by atoms with Crippen molar-refractivity contribution in [3.05, 3.63) is 0 Å². The van der Waals surface area contributed by atoms with Crippen molar-refractivity contribution in [2.75, 3.05) is 13.2 Å². The number of nitrogens with two attached hydrogens (primary N) is 1. The maximum Gasteiger partial charge on any atom is 0.405 e. The molecule has 1 saturated heterocycles. The molecule has 0 atom stereocenters. The number of carbonyl (C=O) groups excluding carboxylic acids is 1. The second-order valence-electron chi connectivity index (χ2n) is 3.45. The molecule has 1 aliphatic rings. The molecule has 0 aromatic heterocycles. The van der Waals surface area contributed by atoms with Crippen molar-refractivity contribution in [2.45, 2.75) is 32.2 Å². The lowest BCUT2D eigenvalue weighted by Crippen LogP contribution is -2.47. The molecule has 1 rings (SSSR count). The predicted molar refractivity (Wildman–Crippen MR) is 45.1 cm³/mol. The third-order valence-electron chi connectivity index (χ3n) is 1.76. The van der Waals surface area contributed by atoms with Gasteiger partial charge in [0.25, 0.3) is 0 Å². The maximum atomic E-state index is 10.5. The van der Waals surface area contributed by atoms with E-state index < -0.39 is 18.0 Å². The first-order valence-electron chi connectivity index (χ1n) is 4.24. The summed E-state index contributed by atoms with van der Waals surface area (Å²) in [5, 5.41) is 0. The van der Waals surface area contributed by atoms with Crippen molar-refractivity contribution >= 4 is 6.09 Å². The quantitative estimate of drug-likeness (QED) is 0.691. The minimum atomic E-state index is -0.827. The predicted octanol–water partition coefficient (Wildman–Crippen LogP) is 0.623. The van der Waals surface area contributed by atoms with E-state index in [-0.39, 0.29) is 0 Å². The summed E-state index contributed by atoms with van der Waals surface area (Å²) in [7, 11) is 0. The number of hydrogen-bond acceptors (Lipinski definition) is 4. The molecule has 0 aromatic carbocycles. The highest BCUT2D eigenvalue weighted by molar-refractivity contribution is 5.65. The summed E-state index contributed by atoms with van der Waals surface area (Å²) in [5.41, 5.74) is 4.09. The van der Waals surface area contributed by atoms with E-state index >= 15 is 0 Å². The number of hydrogen-bond donors (Lipinski definition) is 1. The molecule has 1 aliphatic heterocycles. The fourth-order valence-electron chi connectivity index (χ4n) is 1.20. The minimum absolute atomic E-state index is 0.520. The molecule has 76 valence electrons. The topological polar surface area (TPSA) is 70.8 Å². The van der Waals surface area contributed by atoms with Gasteiger partial charge in [0.05, 0.1) is 13.2 Å². The Morgan fingerprint density at radius 2 is 2.00 bits per heavy atom. The van der Waals surface area contributed by atoms with E-state index in [4.69, 9.17) is 19.9 Å². The van der Waals surface area contributed by atoms with Crippen LogP contribution in [0.1, 0.15) is 20.3 Å². The molecular weight excluding hydrogens is 174 g/mol. The largest absolute Gasteiger partial charge is 0.438 e. The summed E-state index contributed by atoms with van der Waals surface area (Å²) in [5.74, 6) is 0. The van der Waals surface area contributed by atoms with E-state index in [1.165, 1.54) is 0 Å². The first kappa shape index (κ1) is 10.3. The Hall–Kier alpha value is -0.810. The third-order valence-corrected chi connectivity index (χ3v) is 1.76. The van der Waals surface area contributed by atoms with E-state index in [0.29, 0.717) is 13.2 Å². The van der Waals surface area contributed by atoms with Crippen LogP contribution in [0.15, 0.2) is 0 Å². The van der Waals surface area contributed by atoms with E-state index in [0.717, 1.165) is 6.42 Å². The lowest BCUT2D eigenvalue weighted by atomic mass is 10.1. The molecule has 5 nitrogen and oxygen atoms in total. The van der Waals surface area contributed by atoms with Gasteiger partial charge < -0.3 is 19.9 Å². The van der Waals surface area contributed by atoms with Gasteiger partial charge in [-0.2, -0.15) is 0 Å². The zero-order valence-corrected chi connectivity index (χ0v) is 7.91. The fraction of sp³-hybridized carbons (Fsp3) is 0.875. The number of ether oxygens (including phenoxy) is 3. The number of primary amides is 1. The summed E-state index contributed by atoms with van der Waals surface area (Å²) >= 11 is 0. The maximum absolute atomic E-state index is 10.5. The molecule has 0 bridgehead atoms. The SMILES string of the molecule is CC(C)(OC(N)=O)C1OCCCO1. The Bertz CT molecular complexity index is 187. The van der Waals surface area contributed by atoms with Crippen molar-refractivity contribution in [3.8, 4) is 0 Å². The lowest BCUT2D eigenvalue weighted by Gasteiger charge is -2.35. The molecule has 0 aromatic rings. The third kappa shape index (κ3) is 2.86. The number of carbonyl (C=O) groups is 1. The van der Waals surface area contributed by atoms with Crippen LogP contribution >= 0.6 is 0 Å². The zero-order chi connectivity index (χ0) is 9.90. The highest BCUT2D eigenvalue weighted by Crippen LogP contribution is 2.21. The van der Waals surface area contributed by atoms with E-state index in [9.17, 15) is 4.79 Å². The van der Waals surface area contributed by atoms with Crippen molar-refractivity contribution in [1.82, 2.24) is 0 Å². The Kier molecular flexibility index (Phi) is 3.11. The van der Waals surface area contributed by atoms with Crippen molar-refractivity contribution in [2.24, 2.45) is 5.73 Å². The normalized spacial score (nSPS) is 19.8. The van der Waals surface area contributed by atoms with Gasteiger partial charge in [-0.25, -0.2) is 4.79 Å². The van der Waals surface area contributed by atoms with Gasteiger partial charge in [-0.05, 0) is 20.3 Å². The van der Waals surface area contributed by atoms with Crippen LogP contribution in [-0.4, -0.2) is 31.2 Å². The molecule has 2 N–H and O–H groups in total. The Morgan fingerprint density at radius 1 is 1.46 bits per heavy atom. The summed E-state index contributed by atoms with van der Waals surface area (Å²) in [4.78, 5) is 10.5. The molecule has 0 aliphatic carbocycles. The molecule has 0 saturated carbocycles. The molecule has 1 heterocycles. The van der Waals surface area contributed by atoms with Gasteiger partial charge in [-0.1, -0.05) is 0 Å². The van der Waals surface area contributed by atoms with Crippen LogP contribution in [0.3, 0.4) is 0 Å². The van der Waals surface area contributed by atoms with E-state index in [2.05, 4.69) is 0 Å². The molecular formula is C8H15NO4. The van der Waals surface area contributed by atoms with Crippen LogP contribution in [0.25, 0.3) is 0 Å². The summed E-state index contributed by atoms with van der Waals surface area (Å²) in [6.45, 7) is 4.65. The highest BCUT2D eigenvalue weighted by atomic mass is 16.7. The van der Waals surface area contributed by atoms with E-state index in [1.807, 2.05) is 0 Å². The van der Waals surface area contributed by atoms with Crippen LogP contribution in [0, 0.1) is 0 Å². The smallest absolute Gasteiger partial charge is 0.405 e. The van der Waals surface area contributed by atoms with Crippen LogP contribution in [-0.2, 0) is 14.2 Å². The van der Waals surface area contributed by atoms with Crippen molar-refractivity contribution in [1.29, 1.82) is 0 Å². The lowest BCUT2D eigenvalue weighted by molar-refractivity contribution is -0.249. The highest BCUT2D eigenvalue weighted by Gasteiger charge is 2.36. The molecule has 1 fully saturated rings. The fourth-order valence-corrected chi connectivity index (χ4v) is 1.20. The molecule has 0 radical (unpaired) electrons. The molecule has 5 heteroatoms. The summed E-state index contributed by atoms with van der Waals surface area (Å²) in [6.07, 6.45) is -0.472. The molecule has 0 spiro atoms. The second-order valence-corrected chi connectivity index (χ2v) is 3.45. The Balaban J connectivity index is 2.50. The number of rotatable bonds is 2. The van der Waals surface area contributed by atoms with Crippen molar-refractivity contribution in [3.63, 3.8) is 0 Å². The van der Waals surface area contributed by atoms with Gasteiger partial charge in [0, 0.05) is 0 Å². The van der Waals surface area contributed by atoms with Crippen LogP contribution in [0.5, 0.6) is 0 Å². The van der Waals surface area contributed by atoms with Crippen molar-refractivity contribution < 1.29 is 19.0 Å². The molecule has 1 amide bonds. The van der Waals surface area contributed by atoms with Gasteiger partial charge in [0.2, 0.25) is 0 Å². The Morgan fingerprint density at radius 3 is 2.46 bits per heavy atom. The first-order valence-corrected chi connectivity index (χ1v) is 4.24. The van der Waals surface area contributed by atoms with Gasteiger partial charge in [0.15, 0.2) is 11.9 Å². The standard InChI is InChI=1S/C8H15NO4/c1-8(2,13-7(9)10)6-11-4-3-5-12-6/h6H,3-5H2,1-2H3,(H2,9,10). The van der Waals surface area contributed by atoms with Crippen LogP contribution in [0.2, 0.25) is 0 Å². The van der Waals surface area contributed by atoms with Gasteiger partial charge in [-0.3, -0.25) is 0 Å². The number of amides is 1. The first-order chi connectivity index (χ1) is 6.02. The molecule has 13 heavy (non-hydrogen) atoms. The average Bonchev–Trinajstić information content (AvgIpc) is 2.04. The molecule has 0 unspecified atom stereocenters. The van der Waals surface area contributed by atoms with Crippen LogP contribution in [0.4, 0.5) is 4.79 Å². The van der Waals surface area contributed by atoms with Gasteiger partial charge >= 0.3 is 6.09 Å². The van der Waals surface area contributed by atoms with Crippen LogP contribution < -0.4 is 5.73 Å². The monoisotopic (exact) mass is 189 g/mol. The van der Waals surface area contributed by atoms with E-state index in [1.54, 1.807) is 13.8 Å². The van der Waals surface area contributed by atoms with Gasteiger partial charge in [0.1, 0.15) is 0 Å². The minimum Gasteiger partial charge on any atom is -0.438 e.